The quantitative estimate of drug-likeness (QED) is 0.733. The van der Waals surface area contributed by atoms with Crippen LogP contribution in [0, 0.1) is 5.92 Å². The minimum atomic E-state index is -0.705. The second-order valence-corrected chi connectivity index (χ2v) is 8.64. The molecule has 2 aromatic carbocycles. The lowest BCUT2D eigenvalue weighted by Crippen LogP contribution is -2.56. The molecule has 31 heavy (non-hydrogen) atoms. The molecular formula is C25H32N2O4. The fourth-order valence-corrected chi connectivity index (χ4v) is 5.31. The summed E-state index contributed by atoms with van der Waals surface area (Å²) >= 11 is 0. The number of para-hydroxylation sites is 1. The molecule has 6 heteroatoms. The van der Waals surface area contributed by atoms with Crippen LogP contribution < -0.4 is 14.8 Å². The predicted octanol–water partition coefficient (Wildman–Crippen LogP) is 4.01. The predicted molar refractivity (Wildman–Crippen MR) is 120 cm³/mol. The lowest BCUT2D eigenvalue weighted by Gasteiger charge is -2.52. The van der Waals surface area contributed by atoms with Gasteiger partial charge in [-0.1, -0.05) is 31.0 Å². The molecule has 1 heterocycles. The van der Waals surface area contributed by atoms with Crippen LogP contribution in [0.3, 0.4) is 0 Å². The summed E-state index contributed by atoms with van der Waals surface area (Å²) in [5.41, 5.74) is 1.05. The van der Waals surface area contributed by atoms with Gasteiger partial charge in [0.15, 0.2) is 0 Å². The van der Waals surface area contributed by atoms with E-state index in [4.69, 9.17) is 9.47 Å². The third kappa shape index (κ3) is 4.55. The van der Waals surface area contributed by atoms with E-state index in [9.17, 15) is 9.90 Å². The monoisotopic (exact) mass is 424 g/mol. The van der Waals surface area contributed by atoms with Gasteiger partial charge < -0.3 is 19.9 Å². The van der Waals surface area contributed by atoms with Crippen LogP contribution in [0.1, 0.15) is 43.7 Å². The summed E-state index contributed by atoms with van der Waals surface area (Å²) in [5, 5.41) is 14.5. The number of rotatable bonds is 6. The number of anilines is 1. The van der Waals surface area contributed by atoms with Crippen molar-refractivity contribution in [2.24, 2.45) is 5.92 Å². The van der Waals surface area contributed by atoms with Crippen LogP contribution in [-0.4, -0.2) is 48.8 Å². The Kier molecular flexibility index (Phi) is 6.49. The largest absolute Gasteiger partial charge is 0.497 e. The van der Waals surface area contributed by atoms with E-state index in [1.807, 2.05) is 48.5 Å². The number of methoxy groups -OCH3 is 2. The minimum absolute atomic E-state index is 0.0422. The van der Waals surface area contributed by atoms with Gasteiger partial charge in [0.2, 0.25) is 5.91 Å². The number of aliphatic hydroxyl groups is 1. The first kappa shape index (κ1) is 21.7. The topological polar surface area (TPSA) is 71.0 Å². The van der Waals surface area contributed by atoms with Crippen molar-refractivity contribution in [2.75, 3.05) is 32.6 Å². The van der Waals surface area contributed by atoms with Gasteiger partial charge in [0, 0.05) is 29.8 Å². The zero-order valence-electron chi connectivity index (χ0n) is 18.3. The highest BCUT2D eigenvalue weighted by Crippen LogP contribution is 2.51. The summed E-state index contributed by atoms with van der Waals surface area (Å²) in [6.45, 7) is 0.909. The number of hydrogen-bond acceptors (Lipinski definition) is 5. The number of benzene rings is 2. The molecule has 3 atom stereocenters. The number of fused-ring (bicyclic) bond motifs is 1. The second kappa shape index (κ2) is 9.28. The van der Waals surface area contributed by atoms with Crippen molar-refractivity contribution in [3.05, 3.63) is 54.1 Å². The molecule has 6 nitrogen and oxygen atoms in total. The van der Waals surface area contributed by atoms with Gasteiger partial charge in [-0.2, -0.15) is 0 Å². The highest BCUT2D eigenvalue weighted by atomic mass is 16.5. The van der Waals surface area contributed by atoms with Crippen LogP contribution in [0.5, 0.6) is 11.5 Å². The summed E-state index contributed by atoms with van der Waals surface area (Å²) in [4.78, 5) is 15.1. The van der Waals surface area contributed by atoms with Gasteiger partial charge >= 0.3 is 0 Å². The van der Waals surface area contributed by atoms with Gasteiger partial charge in [-0.05, 0) is 49.6 Å². The Labute approximate surface area is 184 Å². The standard InChI is InChI=1S/C25H32N2O4/c1-30-19-11-12-22(31-2)20(16-19)24-21-10-6-7-13-25(21,29)14-15-27(24)17-23(28)26-18-8-4-3-5-9-18/h3-5,8-9,11-12,16,21,24,29H,6-7,10,13-15,17H2,1-2H3,(H,26,28)/t21-,24-,25+/m1/s1. The van der Waals surface area contributed by atoms with Gasteiger partial charge in [0.05, 0.1) is 26.4 Å². The number of carbonyl (C=O) groups is 1. The molecular weight excluding hydrogens is 392 g/mol. The van der Waals surface area contributed by atoms with Crippen molar-refractivity contribution in [2.45, 2.75) is 43.7 Å². The molecule has 0 aromatic heterocycles. The fourth-order valence-electron chi connectivity index (χ4n) is 5.31. The van der Waals surface area contributed by atoms with Gasteiger partial charge in [-0.25, -0.2) is 0 Å². The average Bonchev–Trinajstić information content (AvgIpc) is 2.79. The number of nitrogens with zero attached hydrogens (tertiary/aromatic N) is 1. The molecule has 2 fully saturated rings. The lowest BCUT2D eigenvalue weighted by atomic mass is 9.66. The molecule has 0 spiro atoms. The lowest BCUT2D eigenvalue weighted by molar-refractivity contribution is -0.135. The van der Waals surface area contributed by atoms with E-state index < -0.39 is 5.60 Å². The normalized spacial score (nSPS) is 26.0. The highest BCUT2D eigenvalue weighted by Gasteiger charge is 2.49. The van der Waals surface area contributed by atoms with E-state index in [1.54, 1.807) is 14.2 Å². The molecule has 0 radical (unpaired) electrons. The SMILES string of the molecule is COc1ccc(OC)c([C@@H]2[C@H]3CCCC[C@]3(O)CCN2CC(=O)Nc2ccccc2)c1. The smallest absolute Gasteiger partial charge is 0.238 e. The number of hydrogen-bond donors (Lipinski definition) is 2. The third-order valence-corrected chi connectivity index (χ3v) is 6.83. The Hall–Kier alpha value is -2.57. The first-order valence-electron chi connectivity index (χ1n) is 11.1. The molecule has 2 aromatic rings. The summed E-state index contributed by atoms with van der Waals surface area (Å²) < 4.78 is 11.2. The van der Waals surface area contributed by atoms with E-state index in [1.165, 1.54) is 0 Å². The number of amides is 1. The van der Waals surface area contributed by atoms with E-state index in [0.717, 1.165) is 48.4 Å². The van der Waals surface area contributed by atoms with Crippen molar-refractivity contribution in [1.82, 2.24) is 4.90 Å². The third-order valence-electron chi connectivity index (χ3n) is 6.83. The first-order valence-corrected chi connectivity index (χ1v) is 11.1. The highest BCUT2D eigenvalue weighted by molar-refractivity contribution is 5.92. The summed E-state index contributed by atoms with van der Waals surface area (Å²) in [6, 6.07) is 15.2. The minimum Gasteiger partial charge on any atom is -0.497 e. The van der Waals surface area contributed by atoms with Gasteiger partial charge in [0.25, 0.3) is 0 Å². The van der Waals surface area contributed by atoms with Crippen molar-refractivity contribution < 1.29 is 19.4 Å². The van der Waals surface area contributed by atoms with Crippen LogP contribution in [0.2, 0.25) is 0 Å². The Bertz CT molecular complexity index is 904. The maximum absolute atomic E-state index is 12.9. The summed E-state index contributed by atoms with van der Waals surface area (Å²) in [7, 11) is 3.31. The molecule has 1 saturated heterocycles. The van der Waals surface area contributed by atoms with Crippen molar-refractivity contribution >= 4 is 11.6 Å². The maximum Gasteiger partial charge on any atom is 0.238 e. The van der Waals surface area contributed by atoms with Gasteiger partial charge in [-0.15, -0.1) is 0 Å². The zero-order chi connectivity index (χ0) is 21.8. The molecule has 166 valence electrons. The number of nitrogens with one attached hydrogen (secondary N) is 1. The molecule has 0 unspecified atom stereocenters. The zero-order valence-corrected chi connectivity index (χ0v) is 18.3. The van der Waals surface area contributed by atoms with Gasteiger partial charge in [0.1, 0.15) is 11.5 Å². The van der Waals surface area contributed by atoms with Crippen molar-refractivity contribution in [3.8, 4) is 11.5 Å². The first-order chi connectivity index (χ1) is 15.0. The van der Waals surface area contributed by atoms with Crippen molar-refractivity contribution in [1.29, 1.82) is 0 Å². The second-order valence-electron chi connectivity index (χ2n) is 8.64. The van der Waals surface area contributed by atoms with Crippen LogP contribution >= 0.6 is 0 Å². The van der Waals surface area contributed by atoms with Crippen LogP contribution in [0.25, 0.3) is 0 Å². The molecule has 1 aliphatic heterocycles. The van der Waals surface area contributed by atoms with Crippen molar-refractivity contribution in [3.63, 3.8) is 0 Å². The van der Waals surface area contributed by atoms with Gasteiger partial charge in [-0.3, -0.25) is 9.69 Å². The van der Waals surface area contributed by atoms with Crippen LogP contribution in [0.4, 0.5) is 5.69 Å². The van der Waals surface area contributed by atoms with Crippen LogP contribution in [0.15, 0.2) is 48.5 Å². The number of carbonyl (C=O) groups excluding carboxylic acids is 1. The number of likely N-dealkylation sites (tertiary alicyclic amines) is 1. The Morgan fingerprint density at radius 3 is 2.68 bits per heavy atom. The number of ether oxygens (including phenoxy) is 2. The molecule has 1 saturated carbocycles. The van der Waals surface area contributed by atoms with E-state index in [-0.39, 0.29) is 24.4 Å². The van der Waals surface area contributed by atoms with Crippen LogP contribution in [-0.2, 0) is 4.79 Å². The summed E-state index contributed by atoms with van der Waals surface area (Å²) in [6.07, 6.45) is 4.55. The number of piperidine rings is 1. The Balaban J connectivity index is 1.66. The Morgan fingerprint density at radius 1 is 1.13 bits per heavy atom. The fraction of sp³-hybridized carbons (Fsp3) is 0.480. The van der Waals surface area contributed by atoms with E-state index >= 15 is 0 Å². The van der Waals surface area contributed by atoms with E-state index in [2.05, 4.69) is 10.2 Å². The van der Waals surface area contributed by atoms with E-state index in [0.29, 0.717) is 13.0 Å². The maximum atomic E-state index is 12.9. The molecule has 1 aliphatic carbocycles. The Morgan fingerprint density at radius 2 is 1.94 bits per heavy atom. The molecule has 2 aliphatic rings. The molecule has 0 bridgehead atoms. The average molecular weight is 425 g/mol. The molecule has 4 rings (SSSR count). The summed E-state index contributed by atoms with van der Waals surface area (Å²) in [5.74, 6) is 1.49. The molecule has 1 amide bonds. The molecule has 2 N–H and O–H groups in total.